The molecule has 0 radical (unpaired) electrons. The Kier molecular flexibility index (Phi) is 6.54. The summed E-state index contributed by atoms with van der Waals surface area (Å²) < 4.78 is 2.09. The Morgan fingerprint density at radius 1 is 1.00 bits per heavy atom. The summed E-state index contributed by atoms with van der Waals surface area (Å²) in [6.45, 7) is 4.13. The van der Waals surface area contributed by atoms with Gasteiger partial charge in [0.15, 0.2) is 5.82 Å². The Bertz CT molecular complexity index is 1340. The second-order valence-electron chi connectivity index (χ2n) is 8.48. The van der Waals surface area contributed by atoms with Gasteiger partial charge in [-0.1, -0.05) is 41.7 Å². The molecule has 2 N–H and O–H groups in total. The van der Waals surface area contributed by atoms with Gasteiger partial charge in [0, 0.05) is 51.4 Å². The lowest BCUT2D eigenvalue weighted by Gasteiger charge is -2.34. The van der Waals surface area contributed by atoms with Crippen LogP contribution in [0.3, 0.4) is 0 Å². The minimum atomic E-state index is 0.499. The third-order valence-corrected chi connectivity index (χ3v) is 7.23. The van der Waals surface area contributed by atoms with Crippen LogP contribution < -0.4 is 14.5 Å². The molecule has 34 heavy (non-hydrogen) atoms. The van der Waals surface area contributed by atoms with E-state index in [0.29, 0.717) is 16.8 Å². The zero-order valence-electron chi connectivity index (χ0n) is 19.5. The molecule has 0 aliphatic carbocycles. The molecule has 0 saturated carbocycles. The summed E-state index contributed by atoms with van der Waals surface area (Å²) in [7, 11) is 4.21. The summed E-state index contributed by atoms with van der Waals surface area (Å²) in [5.74, 6) is 1.14. The fraction of sp³-hybridized carbons (Fsp3) is 0.280. The molecule has 0 atom stereocenters. The van der Waals surface area contributed by atoms with Gasteiger partial charge in [0.25, 0.3) is 0 Å². The molecule has 0 unspecified atom stereocenters. The Morgan fingerprint density at radius 3 is 2.59 bits per heavy atom. The monoisotopic (exact) mass is 493 g/mol. The first-order valence-corrected chi connectivity index (χ1v) is 12.8. The number of H-pyrrole nitrogens is 1. The van der Waals surface area contributed by atoms with E-state index in [9.17, 15) is 0 Å². The Balaban J connectivity index is 1.77. The van der Waals surface area contributed by atoms with E-state index in [2.05, 4.69) is 80.0 Å². The van der Waals surface area contributed by atoms with E-state index in [0.717, 1.165) is 53.7 Å². The fourth-order valence-electron chi connectivity index (χ4n) is 4.16. The first kappa shape index (κ1) is 22.8. The average Bonchev–Trinajstić information content (AvgIpc) is 2.85. The highest BCUT2D eigenvalue weighted by Gasteiger charge is 2.16. The second-order valence-corrected chi connectivity index (χ2v) is 9.80. The molecule has 7 nitrogen and oxygen atoms in total. The molecule has 9 heteroatoms. The minimum Gasteiger partial charge on any atom is -0.368 e. The number of benzene rings is 2. The normalized spacial score (nSPS) is 15.5. The number of nitrogens with zero attached hydrogens (tertiary/aromatic N) is 5. The SMILES string of the molecule is CSN(C)c1ccc2ccc3cc(ccc3N3CCN(C)CC3)nc3[nH]c(nc1c2)C(Cl)=CN3. The zero-order chi connectivity index (χ0) is 23.7. The number of piperazine rings is 1. The maximum Gasteiger partial charge on any atom is 0.206 e. The topological polar surface area (TPSA) is 63.3 Å². The Labute approximate surface area is 208 Å². The summed E-state index contributed by atoms with van der Waals surface area (Å²) in [6, 6.07) is 17.0. The van der Waals surface area contributed by atoms with Gasteiger partial charge in [-0.05, 0) is 48.2 Å². The third kappa shape index (κ3) is 4.80. The van der Waals surface area contributed by atoms with Gasteiger partial charge in [0.05, 0.1) is 21.8 Å². The second kappa shape index (κ2) is 9.74. The molecule has 176 valence electrons. The number of hydrogen-bond donors (Lipinski definition) is 2. The van der Waals surface area contributed by atoms with Crippen molar-refractivity contribution in [1.82, 2.24) is 19.9 Å². The van der Waals surface area contributed by atoms with E-state index in [1.165, 1.54) is 5.69 Å². The third-order valence-electron chi connectivity index (χ3n) is 6.19. The number of likely N-dealkylation sites (N-methyl/N-ethyl adjacent to an activating group) is 1. The van der Waals surface area contributed by atoms with Crippen molar-refractivity contribution in [2.45, 2.75) is 0 Å². The van der Waals surface area contributed by atoms with E-state index >= 15 is 0 Å². The van der Waals surface area contributed by atoms with Crippen LogP contribution in [0.25, 0.3) is 26.8 Å². The van der Waals surface area contributed by atoms with Crippen molar-refractivity contribution < 1.29 is 0 Å². The summed E-state index contributed by atoms with van der Waals surface area (Å²) in [6.07, 6.45) is 3.76. The molecule has 5 rings (SSSR count). The van der Waals surface area contributed by atoms with Crippen molar-refractivity contribution in [3.8, 4) is 0 Å². The Morgan fingerprint density at radius 2 is 1.79 bits per heavy atom. The highest BCUT2D eigenvalue weighted by atomic mass is 35.5. The van der Waals surface area contributed by atoms with E-state index < -0.39 is 0 Å². The maximum absolute atomic E-state index is 6.48. The van der Waals surface area contributed by atoms with Crippen molar-refractivity contribution in [2.75, 3.05) is 61.1 Å². The average molecular weight is 494 g/mol. The minimum absolute atomic E-state index is 0.499. The van der Waals surface area contributed by atoms with Crippen LogP contribution >= 0.6 is 23.5 Å². The number of anilines is 3. The zero-order valence-corrected chi connectivity index (χ0v) is 21.1. The summed E-state index contributed by atoms with van der Waals surface area (Å²) in [4.78, 5) is 17.7. The van der Waals surface area contributed by atoms with Gasteiger partial charge in [0.2, 0.25) is 5.95 Å². The van der Waals surface area contributed by atoms with E-state index in [4.69, 9.17) is 21.6 Å². The summed E-state index contributed by atoms with van der Waals surface area (Å²) >= 11 is 8.11. The van der Waals surface area contributed by atoms with Crippen molar-refractivity contribution in [2.24, 2.45) is 0 Å². The smallest absolute Gasteiger partial charge is 0.206 e. The number of hydrogen-bond acceptors (Lipinski definition) is 7. The summed E-state index contributed by atoms with van der Waals surface area (Å²) in [5.41, 5.74) is 3.92. The molecule has 1 aromatic heterocycles. The molecule has 3 heterocycles. The first-order valence-electron chi connectivity index (χ1n) is 11.2. The van der Waals surface area contributed by atoms with Crippen LogP contribution in [0.15, 0.2) is 54.7 Å². The predicted octanol–water partition coefficient (Wildman–Crippen LogP) is 5.23. The number of aromatic amines is 1. The van der Waals surface area contributed by atoms with Crippen LogP contribution in [-0.2, 0) is 0 Å². The summed E-state index contributed by atoms with van der Waals surface area (Å²) in [5, 5.41) is 5.84. The molecule has 0 spiro atoms. The number of halogens is 1. The predicted molar refractivity (Wildman–Crippen MR) is 147 cm³/mol. The Hall–Kier alpha value is -2.94. The van der Waals surface area contributed by atoms with E-state index in [1.54, 1.807) is 18.1 Å². The van der Waals surface area contributed by atoms with Gasteiger partial charge in [-0.15, -0.1) is 0 Å². The van der Waals surface area contributed by atoms with Crippen LogP contribution in [0, 0.1) is 0 Å². The van der Waals surface area contributed by atoms with Gasteiger partial charge in [-0.25, -0.2) is 9.97 Å². The van der Waals surface area contributed by atoms with Crippen LogP contribution in [-0.4, -0.2) is 66.4 Å². The molecule has 2 aliphatic rings. The fourth-order valence-corrected chi connectivity index (χ4v) is 4.66. The molecule has 2 aromatic carbocycles. The standard InChI is InChI=1S/C25H28ClN7S/c1-31-10-12-33(13-11-31)22-9-7-19-15-18(22)6-4-17-5-8-23(32(2)34-3)21(14-17)29-24-20(26)16-27-25(28-19)30-24/h4-9,14-16H,10-13H2,1-3H3,(H2,27,28,29,30). The van der Waals surface area contributed by atoms with Crippen LogP contribution in [0.4, 0.5) is 17.3 Å². The molecule has 1 saturated heterocycles. The number of aromatic nitrogens is 3. The van der Waals surface area contributed by atoms with Gasteiger partial charge in [-0.2, -0.15) is 0 Å². The van der Waals surface area contributed by atoms with Gasteiger partial charge < -0.3 is 24.4 Å². The first-order chi connectivity index (χ1) is 16.5. The maximum atomic E-state index is 6.48. The lowest BCUT2D eigenvalue weighted by atomic mass is 10.1. The lowest BCUT2D eigenvalue weighted by molar-refractivity contribution is 0.313. The lowest BCUT2D eigenvalue weighted by Crippen LogP contribution is -2.44. The van der Waals surface area contributed by atoms with Crippen LogP contribution in [0.5, 0.6) is 0 Å². The van der Waals surface area contributed by atoms with Gasteiger partial charge in [-0.3, -0.25) is 0 Å². The quantitative estimate of drug-likeness (QED) is 0.484. The van der Waals surface area contributed by atoms with E-state index in [1.807, 2.05) is 13.3 Å². The molecule has 6 bridgehead atoms. The van der Waals surface area contributed by atoms with Crippen molar-refractivity contribution in [3.05, 3.63) is 60.6 Å². The van der Waals surface area contributed by atoms with Crippen molar-refractivity contribution in [1.29, 1.82) is 0 Å². The van der Waals surface area contributed by atoms with Crippen molar-refractivity contribution >= 4 is 67.7 Å². The van der Waals surface area contributed by atoms with Crippen LogP contribution in [0.1, 0.15) is 5.82 Å². The molecule has 1 fully saturated rings. The highest BCUT2D eigenvalue weighted by molar-refractivity contribution is 7.99. The molecule has 2 aliphatic heterocycles. The highest BCUT2D eigenvalue weighted by Crippen LogP contribution is 2.28. The van der Waals surface area contributed by atoms with E-state index in [-0.39, 0.29) is 0 Å². The molecule has 3 aromatic rings. The number of fused-ring (bicyclic) bond motifs is 6. The molecular weight excluding hydrogens is 466 g/mol. The number of rotatable bonds is 3. The molecule has 0 amide bonds. The van der Waals surface area contributed by atoms with Gasteiger partial charge in [0.1, 0.15) is 0 Å². The number of nitrogens with one attached hydrogen (secondary N) is 2. The van der Waals surface area contributed by atoms with Crippen molar-refractivity contribution in [3.63, 3.8) is 0 Å². The molecular formula is C25H28ClN7S. The van der Waals surface area contributed by atoms with Gasteiger partial charge >= 0.3 is 0 Å². The largest absolute Gasteiger partial charge is 0.368 e. The van der Waals surface area contributed by atoms with Crippen LogP contribution in [0.2, 0.25) is 0 Å².